The van der Waals surface area contributed by atoms with E-state index in [9.17, 15) is 0 Å². The zero-order chi connectivity index (χ0) is 21.3. The van der Waals surface area contributed by atoms with Crippen molar-refractivity contribution in [2.45, 2.75) is 6.92 Å². The van der Waals surface area contributed by atoms with E-state index in [2.05, 4.69) is 10.3 Å². The van der Waals surface area contributed by atoms with Gasteiger partial charge in [-0.3, -0.25) is 0 Å². The molecule has 0 saturated heterocycles. The summed E-state index contributed by atoms with van der Waals surface area (Å²) in [5.41, 5.74) is 11.9. The number of ether oxygens (including phenoxy) is 3. The van der Waals surface area contributed by atoms with Crippen molar-refractivity contribution in [2.75, 3.05) is 32.4 Å². The van der Waals surface area contributed by atoms with Crippen LogP contribution in [0.25, 0.3) is 22.2 Å². The Hall–Kier alpha value is -3.87. The SMILES string of the molecule is COc1cc(Nc2nc3cccc(-c4ccc(C)c(N)c4)c3o2)cc(OC)c1OC. The fourth-order valence-electron chi connectivity index (χ4n) is 3.31. The molecule has 0 amide bonds. The number of nitrogens with two attached hydrogens (primary N) is 1. The van der Waals surface area contributed by atoms with Crippen molar-refractivity contribution in [3.05, 3.63) is 54.1 Å². The molecule has 0 radical (unpaired) electrons. The van der Waals surface area contributed by atoms with Crippen LogP contribution in [0.5, 0.6) is 17.2 Å². The van der Waals surface area contributed by atoms with Crippen LogP contribution in [-0.4, -0.2) is 26.3 Å². The second kappa shape index (κ2) is 7.87. The van der Waals surface area contributed by atoms with Gasteiger partial charge in [0, 0.05) is 29.1 Å². The Kier molecular flexibility index (Phi) is 5.10. The molecule has 30 heavy (non-hydrogen) atoms. The molecule has 3 aromatic carbocycles. The Bertz CT molecular complexity index is 1190. The van der Waals surface area contributed by atoms with Gasteiger partial charge in [-0.25, -0.2) is 0 Å². The van der Waals surface area contributed by atoms with Crippen molar-refractivity contribution in [3.63, 3.8) is 0 Å². The number of hydrogen-bond donors (Lipinski definition) is 2. The van der Waals surface area contributed by atoms with Gasteiger partial charge < -0.3 is 29.7 Å². The summed E-state index contributed by atoms with van der Waals surface area (Å²) in [4.78, 5) is 4.57. The van der Waals surface area contributed by atoms with Gasteiger partial charge in [0.1, 0.15) is 5.52 Å². The normalized spacial score (nSPS) is 10.8. The van der Waals surface area contributed by atoms with Gasteiger partial charge in [0.25, 0.3) is 6.01 Å². The maximum absolute atomic E-state index is 6.10. The van der Waals surface area contributed by atoms with Crippen molar-refractivity contribution < 1.29 is 18.6 Å². The highest BCUT2D eigenvalue weighted by atomic mass is 16.5. The van der Waals surface area contributed by atoms with E-state index in [1.807, 2.05) is 43.3 Å². The van der Waals surface area contributed by atoms with Crippen molar-refractivity contribution in [1.82, 2.24) is 4.98 Å². The fourth-order valence-corrected chi connectivity index (χ4v) is 3.31. The van der Waals surface area contributed by atoms with E-state index in [1.165, 1.54) is 0 Å². The summed E-state index contributed by atoms with van der Waals surface area (Å²) >= 11 is 0. The van der Waals surface area contributed by atoms with Gasteiger partial charge in [-0.1, -0.05) is 24.3 Å². The molecule has 0 saturated carbocycles. The van der Waals surface area contributed by atoms with E-state index in [4.69, 9.17) is 24.4 Å². The van der Waals surface area contributed by atoms with Crippen LogP contribution in [-0.2, 0) is 0 Å². The lowest BCUT2D eigenvalue weighted by atomic mass is 10.0. The standard InChI is InChI=1S/C23H23N3O4/c1-13-8-9-14(10-17(13)24)16-6-5-7-18-21(16)30-23(26-18)25-15-11-19(27-2)22(29-4)20(12-15)28-3/h5-12H,24H2,1-4H3,(H,25,26). The lowest BCUT2D eigenvalue weighted by Crippen LogP contribution is -1.97. The highest BCUT2D eigenvalue weighted by Gasteiger charge is 2.16. The minimum Gasteiger partial charge on any atom is -0.493 e. The van der Waals surface area contributed by atoms with Crippen LogP contribution in [0.1, 0.15) is 5.56 Å². The molecule has 0 aliphatic heterocycles. The van der Waals surface area contributed by atoms with Crippen LogP contribution in [0.15, 0.2) is 52.9 Å². The first-order valence-electron chi connectivity index (χ1n) is 9.37. The van der Waals surface area contributed by atoms with Crippen LogP contribution in [0.2, 0.25) is 0 Å². The highest BCUT2D eigenvalue weighted by molar-refractivity contribution is 5.92. The number of aryl methyl sites for hydroxylation is 1. The van der Waals surface area contributed by atoms with E-state index in [0.29, 0.717) is 34.5 Å². The lowest BCUT2D eigenvalue weighted by Gasteiger charge is -2.14. The van der Waals surface area contributed by atoms with Crippen molar-refractivity contribution in [1.29, 1.82) is 0 Å². The first-order valence-corrected chi connectivity index (χ1v) is 9.37. The predicted molar refractivity (Wildman–Crippen MR) is 118 cm³/mol. The Morgan fingerprint density at radius 1 is 0.933 bits per heavy atom. The van der Waals surface area contributed by atoms with E-state index < -0.39 is 0 Å². The van der Waals surface area contributed by atoms with E-state index in [-0.39, 0.29) is 0 Å². The van der Waals surface area contributed by atoms with Crippen molar-refractivity contribution >= 4 is 28.5 Å². The number of fused-ring (bicyclic) bond motifs is 1. The molecule has 3 N–H and O–H groups in total. The molecule has 0 unspecified atom stereocenters. The minimum absolute atomic E-state index is 0.354. The van der Waals surface area contributed by atoms with Crippen molar-refractivity contribution in [3.8, 4) is 28.4 Å². The molecular formula is C23H23N3O4. The molecule has 0 bridgehead atoms. The number of nitrogen functional groups attached to an aromatic ring is 1. The number of rotatable bonds is 6. The second-order valence-electron chi connectivity index (χ2n) is 6.78. The number of nitrogens with zero attached hydrogens (tertiary/aromatic N) is 1. The summed E-state index contributed by atoms with van der Waals surface area (Å²) < 4.78 is 22.2. The Balaban J connectivity index is 1.74. The number of nitrogens with one attached hydrogen (secondary N) is 1. The summed E-state index contributed by atoms with van der Waals surface area (Å²) in [6, 6.07) is 15.7. The van der Waals surface area contributed by atoms with Crippen LogP contribution in [0.4, 0.5) is 17.4 Å². The van der Waals surface area contributed by atoms with Crippen LogP contribution < -0.4 is 25.3 Å². The zero-order valence-corrected chi connectivity index (χ0v) is 17.3. The highest BCUT2D eigenvalue weighted by Crippen LogP contribution is 2.41. The predicted octanol–water partition coefficient (Wildman–Crippen LogP) is 5.15. The summed E-state index contributed by atoms with van der Waals surface area (Å²) in [6.07, 6.45) is 0. The summed E-state index contributed by atoms with van der Waals surface area (Å²) in [6.45, 7) is 1.98. The smallest absolute Gasteiger partial charge is 0.300 e. The molecule has 154 valence electrons. The summed E-state index contributed by atoms with van der Waals surface area (Å²) in [5, 5.41) is 3.18. The molecule has 0 fully saturated rings. The molecule has 0 aliphatic rings. The van der Waals surface area contributed by atoms with Gasteiger partial charge in [-0.15, -0.1) is 0 Å². The number of para-hydroxylation sites is 1. The van der Waals surface area contributed by atoms with Gasteiger partial charge in [0.15, 0.2) is 17.1 Å². The third kappa shape index (κ3) is 3.45. The van der Waals surface area contributed by atoms with E-state index >= 15 is 0 Å². The van der Waals surface area contributed by atoms with Crippen LogP contribution >= 0.6 is 0 Å². The number of anilines is 3. The lowest BCUT2D eigenvalue weighted by molar-refractivity contribution is 0.324. The Morgan fingerprint density at radius 3 is 2.30 bits per heavy atom. The van der Waals surface area contributed by atoms with E-state index in [0.717, 1.165) is 27.9 Å². The average molecular weight is 405 g/mol. The molecule has 1 heterocycles. The third-order valence-electron chi connectivity index (χ3n) is 4.92. The zero-order valence-electron chi connectivity index (χ0n) is 17.3. The topological polar surface area (TPSA) is 91.8 Å². The largest absolute Gasteiger partial charge is 0.493 e. The van der Waals surface area contributed by atoms with E-state index in [1.54, 1.807) is 33.5 Å². The number of oxazole rings is 1. The summed E-state index contributed by atoms with van der Waals surface area (Å²) in [7, 11) is 4.70. The molecule has 7 heteroatoms. The molecule has 0 aliphatic carbocycles. The second-order valence-corrected chi connectivity index (χ2v) is 6.78. The number of hydrogen-bond acceptors (Lipinski definition) is 7. The summed E-state index contributed by atoms with van der Waals surface area (Å²) in [5.74, 6) is 1.58. The number of methoxy groups -OCH3 is 3. The monoisotopic (exact) mass is 405 g/mol. The number of aromatic nitrogens is 1. The first kappa shape index (κ1) is 19.4. The van der Waals surface area contributed by atoms with Gasteiger partial charge in [0.05, 0.1) is 21.3 Å². The number of benzene rings is 3. The van der Waals surface area contributed by atoms with Gasteiger partial charge in [-0.2, -0.15) is 4.98 Å². The fraction of sp³-hybridized carbons (Fsp3) is 0.174. The molecule has 7 nitrogen and oxygen atoms in total. The molecule has 4 aromatic rings. The first-order chi connectivity index (χ1) is 14.5. The molecule has 0 atom stereocenters. The third-order valence-corrected chi connectivity index (χ3v) is 4.92. The maximum atomic E-state index is 6.10. The molecule has 0 spiro atoms. The average Bonchev–Trinajstić information content (AvgIpc) is 3.17. The molecule has 1 aromatic heterocycles. The van der Waals surface area contributed by atoms with Gasteiger partial charge in [-0.05, 0) is 30.2 Å². The Labute approximate surface area is 174 Å². The van der Waals surface area contributed by atoms with Crippen LogP contribution in [0.3, 0.4) is 0 Å². The minimum atomic E-state index is 0.354. The molecular weight excluding hydrogens is 382 g/mol. The van der Waals surface area contributed by atoms with Crippen molar-refractivity contribution in [2.24, 2.45) is 0 Å². The Morgan fingerprint density at radius 2 is 1.67 bits per heavy atom. The molecule has 4 rings (SSSR count). The maximum Gasteiger partial charge on any atom is 0.300 e. The van der Waals surface area contributed by atoms with Gasteiger partial charge in [0.2, 0.25) is 5.75 Å². The van der Waals surface area contributed by atoms with Gasteiger partial charge >= 0.3 is 0 Å². The quantitative estimate of drug-likeness (QED) is 0.428. The van der Waals surface area contributed by atoms with Crippen LogP contribution in [0, 0.1) is 6.92 Å².